The third kappa shape index (κ3) is 5.45. The number of urea groups is 1. The number of nitrogen functional groups attached to an aromatic ring is 1. The van der Waals surface area contributed by atoms with Crippen LogP contribution in [0.15, 0.2) is 42.7 Å². The van der Waals surface area contributed by atoms with E-state index in [1.54, 1.807) is 4.52 Å². The molecular weight excluding hydrogens is 565 g/mol. The van der Waals surface area contributed by atoms with Crippen LogP contribution >= 0.6 is 0 Å². The van der Waals surface area contributed by atoms with E-state index in [2.05, 4.69) is 15.0 Å². The van der Waals surface area contributed by atoms with Crippen LogP contribution < -0.4 is 16.4 Å². The minimum Gasteiger partial charge on any atom is -0.382 e. The van der Waals surface area contributed by atoms with Crippen LogP contribution in [0.3, 0.4) is 0 Å². The first kappa shape index (κ1) is 29.2. The number of nitrogens with two attached hydrogens (primary N) is 2. The maximum absolute atomic E-state index is 15.8. The molecule has 2 amide bonds. The Morgan fingerprint density at radius 1 is 1.10 bits per heavy atom. The van der Waals surface area contributed by atoms with Crippen LogP contribution in [0.4, 0.5) is 43.9 Å². The zero-order valence-corrected chi connectivity index (χ0v) is 22.3. The molecule has 0 aliphatic carbocycles. The smallest absolute Gasteiger partial charge is 0.382 e. The van der Waals surface area contributed by atoms with Gasteiger partial charge in [-0.15, -0.1) is 0 Å². The van der Waals surface area contributed by atoms with Crippen molar-refractivity contribution in [1.29, 1.82) is 0 Å². The standard InChI is InChI=1S/C27H26F5N7O3/c1-41-13-17-22(12-37-6-8-42-9-7-37)39-24(25(33)35-14-36-39)23(17)15-2-5-20(19(29)10-15)38(26(34)40)21-11-16(27(30,31)32)3-4-18(21)28/h2-5,10-11,14H,6-9,12-13H2,1H3,(H2,34,40)(H2,33,35,36). The molecule has 0 bridgehead atoms. The highest BCUT2D eigenvalue weighted by atomic mass is 19.4. The van der Waals surface area contributed by atoms with Gasteiger partial charge < -0.3 is 20.9 Å². The van der Waals surface area contributed by atoms with Crippen molar-refractivity contribution in [3.05, 3.63) is 71.2 Å². The van der Waals surface area contributed by atoms with Gasteiger partial charge in [-0.1, -0.05) is 6.07 Å². The third-order valence-electron chi connectivity index (χ3n) is 6.94. The SMILES string of the molecule is COCc1c(-c2ccc(N(C(N)=O)c3cc(C(F)(F)F)ccc3F)c(F)c2)c2c(N)ncnn2c1CN1CCOCC1. The molecule has 2 aromatic carbocycles. The van der Waals surface area contributed by atoms with E-state index in [0.29, 0.717) is 72.6 Å². The van der Waals surface area contributed by atoms with Gasteiger partial charge in [-0.2, -0.15) is 18.3 Å². The lowest BCUT2D eigenvalue weighted by Crippen LogP contribution is -2.36. The molecule has 0 saturated carbocycles. The number of anilines is 3. The van der Waals surface area contributed by atoms with Crippen molar-refractivity contribution in [2.45, 2.75) is 19.3 Å². The van der Waals surface area contributed by atoms with Gasteiger partial charge in [0.05, 0.1) is 42.5 Å². The number of aromatic nitrogens is 3. The summed E-state index contributed by atoms with van der Waals surface area (Å²) in [5.41, 5.74) is 11.5. The molecule has 1 aliphatic rings. The number of benzene rings is 2. The van der Waals surface area contributed by atoms with Gasteiger partial charge in [0.15, 0.2) is 5.82 Å². The summed E-state index contributed by atoms with van der Waals surface area (Å²) in [4.78, 5) is 18.9. The van der Waals surface area contributed by atoms with Crippen LogP contribution in [0.1, 0.15) is 16.8 Å². The number of methoxy groups -OCH3 is 1. The number of halogens is 5. The molecule has 5 rings (SSSR count). The molecule has 1 aliphatic heterocycles. The molecule has 1 saturated heterocycles. The Hall–Kier alpha value is -4.34. The molecular formula is C27H26F5N7O3. The number of primary amides is 1. The van der Waals surface area contributed by atoms with Crippen molar-refractivity contribution in [2.24, 2.45) is 5.73 Å². The second-order valence-corrected chi connectivity index (χ2v) is 9.53. The number of ether oxygens (including phenoxy) is 2. The van der Waals surface area contributed by atoms with E-state index < -0.39 is 40.8 Å². The summed E-state index contributed by atoms with van der Waals surface area (Å²) >= 11 is 0. The largest absolute Gasteiger partial charge is 0.416 e. The van der Waals surface area contributed by atoms with Gasteiger partial charge in [0.1, 0.15) is 23.5 Å². The summed E-state index contributed by atoms with van der Waals surface area (Å²) in [7, 11) is 1.50. The van der Waals surface area contributed by atoms with Crippen molar-refractivity contribution < 1.29 is 36.2 Å². The second kappa shape index (κ2) is 11.5. The first-order valence-electron chi connectivity index (χ1n) is 12.7. The predicted octanol–water partition coefficient (Wildman–Crippen LogP) is 4.47. The number of alkyl halides is 3. The Balaban J connectivity index is 1.65. The molecule has 3 heterocycles. The van der Waals surface area contributed by atoms with Crippen LogP contribution in [0.25, 0.3) is 16.6 Å². The number of nitrogens with zero attached hydrogens (tertiary/aromatic N) is 5. The number of amides is 2. The average molecular weight is 592 g/mol. The lowest BCUT2D eigenvalue weighted by atomic mass is 10.00. The zero-order valence-electron chi connectivity index (χ0n) is 22.3. The Bertz CT molecular complexity index is 1640. The van der Waals surface area contributed by atoms with Crippen LogP contribution in [0.5, 0.6) is 0 Å². The maximum Gasteiger partial charge on any atom is 0.416 e. The minimum absolute atomic E-state index is 0.101. The summed E-state index contributed by atoms with van der Waals surface area (Å²) in [5.74, 6) is -2.15. The van der Waals surface area contributed by atoms with E-state index in [9.17, 15) is 22.4 Å². The Morgan fingerprint density at radius 3 is 2.48 bits per heavy atom. The van der Waals surface area contributed by atoms with Crippen LogP contribution in [0.2, 0.25) is 0 Å². The summed E-state index contributed by atoms with van der Waals surface area (Å²) in [6.07, 6.45) is -3.55. The fourth-order valence-electron chi connectivity index (χ4n) is 5.04. The number of carbonyl (C=O) groups is 1. The first-order chi connectivity index (χ1) is 20.0. The molecule has 0 spiro atoms. The van der Waals surface area contributed by atoms with Gasteiger partial charge in [-0.3, -0.25) is 9.80 Å². The van der Waals surface area contributed by atoms with Crippen LogP contribution in [0, 0.1) is 11.6 Å². The quantitative estimate of drug-likeness (QED) is 0.304. The second-order valence-electron chi connectivity index (χ2n) is 9.53. The van der Waals surface area contributed by atoms with Gasteiger partial charge in [-0.05, 0) is 35.9 Å². The molecule has 0 radical (unpaired) electrons. The minimum atomic E-state index is -4.84. The number of fused-ring (bicyclic) bond motifs is 1. The van der Waals surface area contributed by atoms with E-state index >= 15 is 4.39 Å². The van der Waals surface area contributed by atoms with Crippen molar-refractivity contribution >= 4 is 28.7 Å². The molecule has 2 aromatic heterocycles. The Kier molecular flexibility index (Phi) is 7.99. The molecule has 4 N–H and O–H groups in total. The molecule has 0 unspecified atom stereocenters. The van der Waals surface area contributed by atoms with Crippen LogP contribution in [-0.2, 0) is 28.8 Å². The monoisotopic (exact) mass is 591 g/mol. The third-order valence-corrected chi connectivity index (χ3v) is 6.94. The van der Waals surface area contributed by atoms with E-state index in [0.717, 1.165) is 17.8 Å². The molecule has 1 fully saturated rings. The lowest BCUT2D eigenvalue weighted by molar-refractivity contribution is -0.137. The Morgan fingerprint density at radius 2 is 1.83 bits per heavy atom. The normalized spacial score (nSPS) is 14.4. The van der Waals surface area contributed by atoms with E-state index in [4.69, 9.17) is 20.9 Å². The number of hydrogen-bond acceptors (Lipinski definition) is 7. The van der Waals surface area contributed by atoms with Crippen LogP contribution in [-0.4, -0.2) is 58.9 Å². The fraction of sp³-hybridized carbons (Fsp3) is 0.296. The fourth-order valence-corrected chi connectivity index (χ4v) is 5.04. The van der Waals surface area contributed by atoms with Gasteiger partial charge in [0.2, 0.25) is 0 Å². The molecule has 0 atom stereocenters. The lowest BCUT2D eigenvalue weighted by Gasteiger charge is -2.26. The zero-order chi connectivity index (χ0) is 30.2. The highest BCUT2D eigenvalue weighted by Crippen LogP contribution is 2.40. The van der Waals surface area contributed by atoms with Gasteiger partial charge in [0.25, 0.3) is 0 Å². The summed E-state index contributed by atoms with van der Waals surface area (Å²) in [6, 6.07) is 3.63. The van der Waals surface area contributed by atoms with E-state index in [-0.39, 0.29) is 18.0 Å². The summed E-state index contributed by atoms with van der Waals surface area (Å²) < 4.78 is 83.0. The van der Waals surface area contributed by atoms with Gasteiger partial charge in [-0.25, -0.2) is 23.1 Å². The van der Waals surface area contributed by atoms with E-state index in [1.807, 2.05) is 0 Å². The summed E-state index contributed by atoms with van der Waals surface area (Å²) in [6.45, 7) is 3.02. The van der Waals surface area contributed by atoms with Crippen molar-refractivity contribution in [3.8, 4) is 11.1 Å². The van der Waals surface area contributed by atoms with E-state index in [1.165, 1.54) is 19.5 Å². The maximum atomic E-state index is 15.8. The molecule has 42 heavy (non-hydrogen) atoms. The van der Waals surface area contributed by atoms with Crippen molar-refractivity contribution in [3.63, 3.8) is 0 Å². The van der Waals surface area contributed by atoms with Crippen molar-refractivity contribution in [2.75, 3.05) is 44.0 Å². The number of morpholine rings is 1. The first-order valence-corrected chi connectivity index (χ1v) is 12.7. The molecule has 4 aromatic rings. The van der Waals surface area contributed by atoms with Crippen molar-refractivity contribution in [1.82, 2.24) is 19.5 Å². The molecule has 222 valence electrons. The predicted molar refractivity (Wildman–Crippen MR) is 143 cm³/mol. The topological polar surface area (TPSA) is 124 Å². The average Bonchev–Trinajstić information content (AvgIpc) is 3.24. The number of hydrogen-bond donors (Lipinski definition) is 2. The van der Waals surface area contributed by atoms with Gasteiger partial charge >= 0.3 is 12.2 Å². The highest BCUT2D eigenvalue weighted by molar-refractivity contribution is 5.99. The Labute approximate surface area is 236 Å². The molecule has 15 heteroatoms. The van der Waals surface area contributed by atoms with Gasteiger partial charge in [0, 0.05) is 37.9 Å². The number of rotatable bonds is 7. The summed E-state index contributed by atoms with van der Waals surface area (Å²) in [5, 5.41) is 4.38. The highest BCUT2D eigenvalue weighted by Gasteiger charge is 2.33. The number of carbonyl (C=O) groups excluding carboxylic acids is 1. The molecule has 10 nitrogen and oxygen atoms in total.